The molecule has 1 heterocycles. The first-order chi connectivity index (χ1) is 3.84. The van der Waals surface area contributed by atoms with Crippen LogP contribution < -0.4 is 0 Å². The van der Waals surface area contributed by atoms with Crippen LogP contribution in [0.5, 0.6) is 0 Å². The summed E-state index contributed by atoms with van der Waals surface area (Å²) in [4.78, 5) is 5.51. The molecule has 1 nitrogen and oxygen atoms in total. The Hall–Kier alpha value is 0.630. The monoisotopic (exact) mass is 150 g/mol. The van der Waals surface area contributed by atoms with Crippen LogP contribution in [0.3, 0.4) is 0 Å². The molecule has 0 aromatic carbocycles. The Morgan fingerprint density at radius 2 is 2.33 bits per heavy atom. The van der Waals surface area contributed by atoms with Crippen molar-refractivity contribution in [2.24, 2.45) is 0 Å². The standard InChI is InChI=1S/C6H9NS.Na/c1-3-6-5(2)7-4-8-6;/h4H,3H2,1-2H3;. The molecular weight excluding hydrogens is 141 g/mol. The van der Waals surface area contributed by atoms with Gasteiger partial charge in [0.1, 0.15) is 0 Å². The molecule has 0 bridgehead atoms. The van der Waals surface area contributed by atoms with Crippen LogP contribution in [-0.2, 0) is 6.42 Å². The van der Waals surface area contributed by atoms with Gasteiger partial charge in [-0.2, -0.15) is 0 Å². The van der Waals surface area contributed by atoms with E-state index in [0.29, 0.717) is 0 Å². The van der Waals surface area contributed by atoms with Gasteiger partial charge in [-0.1, -0.05) is 6.92 Å². The van der Waals surface area contributed by atoms with Crippen LogP contribution >= 0.6 is 11.3 Å². The molecular formula is C6H9NNaS. The van der Waals surface area contributed by atoms with E-state index in [9.17, 15) is 0 Å². The van der Waals surface area contributed by atoms with Crippen molar-refractivity contribution in [2.75, 3.05) is 0 Å². The SMILES string of the molecule is CCc1scnc1C.[Na]. The summed E-state index contributed by atoms with van der Waals surface area (Å²) in [6.07, 6.45) is 1.12. The minimum atomic E-state index is 0. The number of thiazole rings is 1. The molecule has 9 heavy (non-hydrogen) atoms. The van der Waals surface area contributed by atoms with Crippen LogP contribution in [-0.4, -0.2) is 34.5 Å². The molecule has 0 saturated carbocycles. The van der Waals surface area contributed by atoms with Crippen molar-refractivity contribution >= 4 is 40.9 Å². The zero-order chi connectivity index (χ0) is 5.98. The Balaban J connectivity index is 0.000000640. The predicted molar refractivity (Wildman–Crippen MR) is 42.0 cm³/mol. The van der Waals surface area contributed by atoms with Crippen LogP contribution in [0.15, 0.2) is 5.51 Å². The van der Waals surface area contributed by atoms with Gasteiger partial charge in [0.25, 0.3) is 0 Å². The molecule has 0 atom stereocenters. The Kier molecular flexibility index (Phi) is 4.76. The van der Waals surface area contributed by atoms with Crippen LogP contribution in [0, 0.1) is 6.92 Å². The van der Waals surface area contributed by atoms with Gasteiger partial charge in [0, 0.05) is 34.4 Å². The van der Waals surface area contributed by atoms with E-state index in [4.69, 9.17) is 0 Å². The molecule has 45 valence electrons. The van der Waals surface area contributed by atoms with Gasteiger partial charge >= 0.3 is 0 Å². The molecule has 0 N–H and O–H groups in total. The average molecular weight is 150 g/mol. The van der Waals surface area contributed by atoms with E-state index in [1.807, 2.05) is 5.51 Å². The van der Waals surface area contributed by atoms with Gasteiger partial charge in [0.05, 0.1) is 11.2 Å². The molecule has 1 rings (SSSR count). The fourth-order valence-corrected chi connectivity index (χ4v) is 1.39. The van der Waals surface area contributed by atoms with Gasteiger partial charge in [-0.25, -0.2) is 4.98 Å². The summed E-state index contributed by atoms with van der Waals surface area (Å²) in [5, 5.41) is 0. The first-order valence-electron chi connectivity index (χ1n) is 2.73. The second kappa shape index (κ2) is 4.45. The summed E-state index contributed by atoms with van der Waals surface area (Å²) in [5.74, 6) is 0. The summed E-state index contributed by atoms with van der Waals surface area (Å²) >= 11 is 1.74. The Morgan fingerprint density at radius 1 is 1.67 bits per heavy atom. The van der Waals surface area contributed by atoms with Crippen molar-refractivity contribution in [3.8, 4) is 0 Å². The van der Waals surface area contributed by atoms with Crippen LogP contribution in [0.25, 0.3) is 0 Å². The molecule has 0 amide bonds. The maximum absolute atomic E-state index is 4.11. The molecule has 0 fully saturated rings. The fourth-order valence-electron chi connectivity index (χ4n) is 0.665. The Morgan fingerprint density at radius 3 is 2.56 bits per heavy atom. The number of rotatable bonds is 1. The van der Waals surface area contributed by atoms with E-state index in [1.54, 1.807) is 11.3 Å². The van der Waals surface area contributed by atoms with Gasteiger partial charge in [-0.05, 0) is 13.3 Å². The molecule has 3 heteroatoms. The van der Waals surface area contributed by atoms with E-state index in [0.717, 1.165) is 6.42 Å². The van der Waals surface area contributed by atoms with Crippen molar-refractivity contribution in [2.45, 2.75) is 20.3 Å². The zero-order valence-corrected chi connectivity index (χ0v) is 8.96. The van der Waals surface area contributed by atoms with Crippen molar-refractivity contribution in [3.63, 3.8) is 0 Å². The molecule has 1 aromatic heterocycles. The number of aromatic nitrogens is 1. The summed E-state index contributed by atoms with van der Waals surface area (Å²) in [7, 11) is 0. The number of nitrogens with zero attached hydrogens (tertiary/aromatic N) is 1. The molecule has 0 saturated heterocycles. The Bertz CT molecular complexity index is 173. The van der Waals surface area contributed by atoms with Crippen LogP contribution in [0.1, 0.15) is 17.5 Å². The minimum Gasteiger partial charge on any atom is -0.250 e. The largest absolute Gasteiger partial charge is 0.250 e. The molecule has 1 radical (unpaired) electrons. The van der Waals surface area contributed by atoms with E-state index in [1.165, 1.54) is 10.6 Å². The van der Waals surface area contributed by atoms with Crippen molar-refractivity contribution in [1.82, 2.24) is 4.98 Å². The third kappa shape index (κ3) is 2.38. The molecule has 1 aromatic rings. The first-order valence-corrected chi connectivity index (χ1v) is 3.61. The smallest absolute Gasteiger partial charge is 0.0797 e. The third-order valence-electron chi connectivity index (χ3n) is 1.17. The summed E-state index contributed by atoms with van der Waals surface area (Å²) in [6, 6.07) is 0. The van der Waals surface area contributed by atoms with E-state index in [-0.39, 0.29) is 29.6 Å². The molecule has 0 aliphatic rings. The quantitative estimate of drug-likeness (QED) is 0.554. The molecule has 0 aliphatic carbocycles. The zero-order valence-electron chi connectivity index (χ0n) is 6.14. The Labute approximate surface area is 81.8 Å². The van der Waals surface area contributed by atoms with Gasteiger partial charge in [-0.15, -0.1) is 11.3 Å². The van der Waals surface area contributed by atoms with Gasteiger partial charge in [0.2, 0.25) is 0 Å². The second-order valence-corrected chi connectivity index (χ2v) is 2.65. The fraction of sp³-hybridized carbons (Fsp3) is 0.500. The molecule has 0 spiro atoms. The number of hydrogen-bond donors (Lipinski definition) is 0. The van der Waals surface area contributed by atoms with Crippen LogP contribution in [0.4, 0.5) is 0 Å². The predicted octanol–water partition coefficient (Wildman–Crippen LogP) is 1.63. The molecule has 0 aliphatic heterocycles. The van der Waals surface area contributed by atoms with E-state index < -0.39 is 0 Å². The number of aryl methyl sites for hydroxylation is 2. The summed E-state index contributed by atoms with van der Waals surface area (Å²) < 4.78 is 0. The number of hydrogen-bond acceptors (Lipinski definition) is 2. The normalized spacial score (nSPS) is 8.67. The van der Waals surface area contributed by atoms with Gasteiger partial charge in [0.15, 0.2) is 0 Å². The molecule has 0 unspecified atom stereocenters. The summed E-state index contributed by atoms with van der Waals surface area (Å²) in [6.45, 7) is 4.20. The van der Waals surface area contributed by atoms with Crippen molar-refractivity contribution in [1.29, 1.82) is 0 Å². The minimum absolute atomic E-state index is 0. The van der Waals surface area contributed by atoms with E-state index >= 15 is 0 Å². The van der Waals surface area contributed by atoms with E-state index in [2.05, 4.69) is 18.8 Å². The van der Waals surface area contributed by atoms with Crippen molar-refractivity contribution < 1.29 is 0 Å². The average Bonchev–Trinajstić information content (AvgIpc) is 2.14. The maximum atomic E-state index is 4.11. The van der Waals surface area contributed by atoms with Crippen LogP contribution in [0.2, 0.25) is 0 Å². The maximum Gasteiger partial charge on any atom is 0.0797 e. The summed E-state index contributed by atoms with van der Waals surface area (Å²) in [5.41, 5.74) is 3.09. The first kappa shape index (κ1) is 9.63. The second-order valence-electron chi connectivity index (χ2n) is 1.71. The van der Waals surface area contributed by atoms with Gasteiger partial charge < -0.3 is 0 Å². The van der Waals surface area contributed by atoms with Gasteiger partial charge in [-0.3, -0.25) is 0 Å². The van der Waals surface area contributed by atoms with Crippen molar-refractivity contribution in [3.05, 3.63) is 16.1 Å². The topological polar surface area (TPSA) is 12.9 Å². The third-order valence-corrected chi connectivity index (χ3v) is 2.25.